The minimum Gasteiger partial charge on any atom is -0.392 e. The monoisotopic (exact) mass is 313 g/mol. The molecule has 23 heavy (non-hydrogen) atoms. The zero-order valence-corrected chi connectivity index (χ0v) is 13.3. The summed E-state index contributed by atoms with van der Waals surface area (Å²) in [6.45, 7) is 3.81. The normalized spacial score (nSPS) is 22.0. The molecule has 1 atom stereocenters. The molecule has 1 aromatic heterocycles. The van der Waals surface area contributed by atoms with Gasteiger partial charge < -0.3 is 14.8 Å². The van der Waals surface area contributed by atoms with Crippen molar-refractivity contribution in [1.29, 1.82) is 0 Å². The molecule has 0 saturated carbocycles. The van der Waals surface area contributed by atoms with Crippen molar-refractivity contribution in [3.8, 4) is 11.4 Å². The summed E-state index contributed by atoms with van der Waals surface area (Å²) in [6.07, 6.45) is 3.38. The Morgan fingerprint density at radius 1 is 1.39 bits per heavy atom. The molecule has 2 N–H and O–H groups in total. The van der Waals surface area contributed by atoms with E-state index in [9.17, 15) is 5.11 Å². The first kappa shape index (κ1) is 14.9. The number of hydrogen-bond donors (Lipinski definition) is 2. The van der Waals surface area contributed by atoms with Gasteiger partial charge in [0.2, 0.25) is 0 Å². The number of hydrogen-bond acceptors (Lipinski definition) is 4. The highest BCUT2D eigenvalue weighted by molar-refractivity contribution is 5.57. The van der Waals surface area contributed by atoms with Gasteiger partial charge in [0.05, 0.1) is 24.6 Å². The smallest absolute Gasteiger partial charge is 0.137 e. The lowest BCUT2D eigenvalue weighted by Crippen LogP contribution is -2.43. The van der Waals surface area contributed by atoms with Crippen LogP contribution in [0.2, 0.25) is 0 Å². The molecule has 3 heterocycles. The van der Waals surface area contributed by atoms with Crippen molar-refractivity contribution in [1.82, 2.24) is 14.9 Å². The summed E-state index contributed by atoms with van der Waals surface area (Å²) in [4.78, 5) is 10.8. The van der Waals surface area contributed by atoms with Gasteiger partial charge in [-0.1, -0.05) is 18.2 Å². The fourth-order valence-corrected chi connectivity index (χ4v) is 3.59. The Balaban J connectivity index is 1.54. The second-order valence-electron chi connectivity index (χ2n) is 6.46. The van der Waals surface area contributed by atoms with Gasteiger partial charge in [0.25, 0.3) is 0 Å². The maximum absolute atomic E-state index is 9.30. The Kier molecular flexibility index (Phi) is 4.16. The molecule has 4 rings (SSSR count). The first-order chi connectivity index (χ1) is 11.3. The molecule has 5 nitrogen and oxygen atoms in total. The lowest BCUT2D eigenvalue weighted by molar-refractivity contribution is 0.0119. The number of imidazole rings is 1. The third-order valence-corrected chi connectivity index (χ3v) is 4.90. The van der Waals surface area contributed by atoms with Crippen molar-refractivity contribution in [2.24, 2.45) is 0 Å². The molecule has 2 aliphatic heterocycles. The summed E-state index contributed by atoms with van der Waals surface area (Å²) < 4.78 is 5.63. The highest BCUT2D eigenvalue weighted by Crippen LogP contribution is 2.26. The summed E-state index contributed by atoms with van der Waals surface area (Å²) in [5.74, 6) is 0.909. The van der Waals surface area contributed by atoms with Crippen molar-refractivity contribution >= 4 is 0 Å². The largest absolute Gasteiger partial charge is 0.392 e. The summed E-state index contributed by atoms with van der Waals surface area (Å²) in [7, 11) is 0. The molecule has 0 bridgehead atoms. The number of aromatic amines is 1. The van der Waals surface area contributed by atoms with Gasteiger partial charge in [-0.2, -0.15) is 0 Å². The minimum absolute atomic E-state index is 0.0592. The summed E-state index contributed by atoms with van der Waals surface area (Å²) >= 11 is 0. The molecule has 0 amide bonds. The van der Waals surface area contributed by atoms with Crippen LogP contribution in [0.3, 0.4) is 0 Å². The second kappa shape index (κ2) is 6.43. The van der Waals surface area contributed by atoms with E-state index in [0.717, 1.165) is 56.1 Å². The van der Waals surface area contributed by atoms with E-state index in [1.807, 2.05) is 24.3 Å². The van der Waals surface area contributed by atoms with Crippen molar-refractivity contribution in [2.75, 3.05) is 19.8 Å². The molecule has 2 aliphatic rings. The van der Waals surface area contributed by atoms with Gasteiger partial charge in [-0.05, 0) is 24.5 Å². The van der Waals surface area contributed by atoms with Gasteiger partial charge >= 0.3 is 0 Å². The second-order valence-corrected chi connectivity index (χ2v) is 6.46. The third-order valence-electron chi connectivity index (χ3n) is 4.90. The van der Waals surface area contributed by atoms with Gasteiger partial charge in [-0.25, -0.2) is 4.98 Å². The number of nitrogens with one attached hydrogen (secondary N) is 1. The molecule has 5 heteroatoms. The van der Waals surface area contributed by atoms with Gasteiger partial charge in [-0.15, -0.1) is 0 Å². The van der Waals surface area contributed by atoms with Crippen molar-refractivity contribution in [2.45, 2.75) is 38.5 Å². The van der Waals surface area contributed by atoms with E-state index in [4.69, 9.17) is 9.72 Å². The van der Waals surface area contributed by atoms with Gasteiger partial charge in [-0.3, -0.25) is 4.90 Å². The maximum Gasteiger partial charge on any atom is 0.137 e. The molecular weight excluding hydrogens is 290 g/mol. The van der Waals surface area contributed by atoms with E-state index >= 15 is 0 Å². The Bertz CT molecular complexity index is 677. The van der Waals surface area contributed by atoms with Crippen LogP contribution in [0.15, 0.2) is 24.3 Å². The number of aromatic nitrogens is 2. The molecule has 0 spiro atoms. The molecular formula is C18H23N3O2. The maximum atomic E-state index is 9.30. The minimum atomic E-state index is 0.0592. The molecule has 122 valence electrons. The van der Waals surface area contributed by atoms with Crippen molar-refractivity contribution < 1.29 is 9.84 Å². The number of H-pyrrole nitrogens is 1. The summed E-state index contributed by atoms with van der Waals surface area (Å²) in [5.41, 5.74) is 4.37. The van der Waals surface area contributed by atoms with Crippen LogP contribution >= 0.6 is 0 Å². The molecule has 1 aromatic carbocycles. The number of fused-ring (bicyclic) bond motifs is 1. The lowest BCUT2D eigenvalue weighted by Gasteiger charge is -2.35. The lowest BCUT2D eigenvalue weighted by atomic mass is 10.0. The number of ether oxygens (including phenoxy) is 1. The van der Waals surface area contributed by atoms with E-state index in [0.29, 0.717) is 6.04 Å². The SMILES string of the molecule is OCc1cccc(-c2nc3c([nH]2)CN(C2CCCOC2)CC3)c1. The summed E-state index contributed by atoms with van der Waals surface area (Å²) in [5, 5.41) is 9.30. The Morgan fingerprint density at radius 3 is 3.17 bits per heavy atom. The van der Waals surface area contributed by atoms with E-state index < -0.39 is 0 Å². The van der Waals surface area contributed by atoms with Crippen LogP contribution in [0, 0.1) is 0 Å². The van der Waals surface area contributed by atoms with E-state index in [1.54, 1.807) is 0 Å². The van der Waals surface area contributed by atoms with Gasteiger partial charge in [0.1, 0.15) is 5.82 Å². The van der Waals surface area contributed by atoms with Crippen molar-refractivity contribution in [3.05, 3.63) is 41.2 Å². The van der Waals surface area contributed by atoms with Gasteiger partial charge in [0.15, 0.2) is 0 Å². The van der Waals surface area contributed by atoms with Crippen LogP contribution < -0.4 is 0 Å². The van der Waals surface area contributed by atoms with Gasteiger partial charge in [0, 0.05) is 37.7 Å². The first-order valence-electron chi connectivity index (χ1n) is 8.43. The highest BCUT2D eigenvalue weighted by atomic mass is 16.5. The molecule has 1 fully saturated rings. The Labute approximate surface area is 136 Å². The Morgan fingerprint density at radius 2 is 2.35 bits per heavy atom. The fraction of sp³-hybridized carbons (Fsp3) is 0.500. The zero-order chi connectivity index (χ0) is 15.6. The number of rotatable bonds is 3. The zero-order valence-electron chi connectivity index (χ0n) is 13.3. The van der Waals surface area contributed by atoms with Crippen molar-refractivity contribution in [3.63, 3.8) is 0 Å². The topological polar surface area (TPSA) is 61.4 Å². The highest BCUT2D eigenvalue weighted by Gasteiger charge is 2.27. The van der Waals surface area contributed by atoms with E-state index in [1.165, 1.54) is 17.8 Å². The molecule has 0 radical (unpaired) electrons. The third kappa shape index (κ3) is 3.04. The summed E-state index contributed by atoms with van der Waals surface area (Å²) in [6, 6.07) is 8.47. The van der Waals surface area contributed by atoms with Crippen LogP contribution in [0.1, 0.15) is 29.8 Å². The number of nitrogens with zero attached hydrogens (tertiary/aromatic N) is 2. The van der Waals surface area contributed by atoms with Crippen LogP contribution in [0.4, 0.5) is 0 Å². The van der Waals surface area contributed by atoms with Crippen LogP contribution in [0.5, 0.6) is 0 Å². The quantitative estimate of drug-likeness (QED) is 0.911. The molecule has 0 aliphatic carbocycles. The molecule has 1 unspecified atom stereocenters. The first-order valence-corrected chi connectivity index (χ1v) is 8.43. The number of aliphatic hydroxyl groups excluding tert-OH is 1. The number of benzene rings is 1. The Hall–Kier alpha value is -1.69. The van der Waals surface area contributed by atoms with Crippen LogP contribution in [-0.2, 0) is 24.3 Å². The van der Waals surface area contributed by atoms with E-state index in [-0.39, 0.29) is 6.61 Å². The average Bonchev–Trinajstić information content (AvgIpc) is 3.06. The predicted molar refractivity (Wildman–Crippen MR) is 87.9 cm³/mol. The standard InChI is InChI=1S/C18H23N3O2/c22-11-13-3-1-4-14(9-13)18-19-16-6-7-21(10-17(16)20-18)15-5-2-8-23-12-15/h1,3-4,9,15,22H,2,5-8,10-12H2,(H,19,20). The van der Waals surface area contributed by atoms with Crippen LogP contribution in [-0.4, -0.2) is 45.8 Å². The average molecular weight is 313 g/mol. The van der Waals surface area contributed by atoms with E-state index in [2.05, 4.69) is 9.88 Å². The molecule has 1 saturated heterocycles. The molecule has 2 aromatic rings. The fourth-order valence-electron chi connectivity index (χ4n) is 3.59. The number of aliphatic hydroxyl groups is 1. The predicted octanol–water partition coefficient (Wildman–Crippen LogP) is 2.11. The van der Waals surface area contributed by atoms with Crippen LogP contribution in [0.25, 0.3) is 11.4 Å².